The van der Waals surface area contributed by atoms with Gasteiger partial charge < -0.3 is 19.8 Å². The molecule has 0 amide bonds. The zero-order chi connectivity index (χ0) is 22.9. The summed E-state index contributed by atoms with van der Waals surface area (Å²) < 4.78 is 1.41. The minimum atomic E-state index is -1.26. The van der Waals surface area contributed by atoms with E-state index in [9.17, 15) is 19.8 Å². The van der Waals surface area contributed by atoms with E-state index in [2.05, 4.69) is 64.4 Å². The fourth-order valence-corrected chi connectivity index (χ4v) is 5.75. The van der Waals surface area contributed by atoms with Crippen LogP contribution >= 0.6 is 50.5 Å². The van der Waals surface area contributed by atoms with Crippen molar-refractivity contribution in [2.45, 2.75) is 109 Å². The molecule has 0 fully saturated rings. The third-order valence-corrected chi connectivity index (χ3v) is 8.72. The van der Waals surface area contributed by atoms with E-state index in [0.29, 0.717) is 0 Å². The van der Waals surface area contributed by atoms with Crippen LogP contribution in [-0.2, 0) is 9.59 Å². The molecule has 0 bridgehead atoms. The topological polar surface area (TPSA) is 80.3 Å². The Labute approximate surface area is 211 Å². The molecule has 0 heterocycles. The normalized spacial score (nSPS) is 9.93. The Kier molecular flexibility index (Phi) is 34.9. The van der Waals surface area contributed by atoms with Crippen molar-refractivity contribution in [3.8, 4) is 0 Å². The maximum atomic E-state index is 9.44. The van der Waals surface area contributed by atoms with Gasteiger partial charge in [0.15, 0.2) is 0 Å². The van der Waals surface area contributed by atoms with Crippen molar-refractivity contribution in [3.63, 3.8) is 0 Å². The first-order chi connectivity index (χ1) is 13.7. The molecule has 0 aliphatic rings. The van der Waals surface area contributed by atoms with Crippen molar-refractivity contribution in [2.75, 3.05) is 0 Å². The Morgan fingerprint density at radius 1 is 0.621 bits per heavy atom. The van der Waals surface area contributed by atoms with Crippen molar-refractivity contribution in [2.24, 2.45) is 0 Å². The van der Waals surface area contributed by atoms with E-state index in [0.717, 1.165) is 0 Å². The fourth-order valence-electron chi connectivity index (χ4n) is 2.19. The van der Waals surface area contributed by atoms with E-state index < -0.39 is 21.1 Å². The molecule has 0 aromatic carbocycles. The zero-order valence-electron chi connectivity index (χ0n) is 18.0. The number of carbonyl (C=O) groups is 2. The van der Waals surface area contributed by atoms with Gasteiger partial charge in [-0.1, -0.05) is 0 Å². The Hall–Kier alpha value is 1.14. The summed E-state index contributed by atoms with van der Waals surface area (Å²) in [5.41, 5.74) is 0. The van der Waals surface area contributed by atoms with E-state index in [1.54, 1.807) is 21.7 Å². The van der Waals surface area contributed by atoms with Crippen LogP contribution in [0.2, 0.25) is 8.87 Å². The minimum Gasteiger partial charge on any atom is -0.548 e. The van der Waals surface area contributed by atoms with Gasteiger partial charge in [0.1, 0.15) is 0 Å². The molecule has 0 saturated heterocycles. The third-order valence-electron chi connectivity index (χ3n) is 3.84. The summed E-state index contributed by atoms with van der Waals surface area (Å²) >= 11 is 13.7. The number of hydrogen-bond acceptors (Lipinski definition) is 8. The van der Waals surface area contributed by atoms with Crippen molar-refractivity contribution < 1.29 is 19.8 Å². The number of carboxylic acids is 2. The van der Waals surface area contributed by atoms with Crippen LogP contribution in [0.25, 0.3) is 0 Å². The second kappa shape index (κ2) is 29.1. The van der Waals surface area contributed by atoms with Crippen LogP contribution in [0, 0.1) is 0 Å². The maximum absolute atomic E-state index is 9.44. The number of rotatable bonds is 16. The van der Waals surface area contributed by atoms with E-state index in [-0.39, 0.29) is 21.1 Å². The molecule has 0 radical (unpaired) electrons. The molecule has 9 heteroatoms. The molecule has 0 aromatic rings. The largest absolute Gasteiger partial charge is 0.548 e. The van der Waals surface area contributed by atoms with Crippen molar-refractivity contribution >= 4 is 83.6 Å². The average molecular weight is 592 g/mol. The summed E-state index contributed by atoms with van der Waals surface area (Å²) in [6, 6.07) is 0. The molecule has 0 aliphatic carbocycles. The van der Waals surface area contributed by atoms with E-state index in [1.165, 1.54) is 64.2 Å². The average Bonchev–Trinajstić information content (AvgIpc) is 2.66. The van der Waals surface area contributed by atoms with Gasteiger partial charge in [-0.25, -0.2) is 0 Å². The van der Waals surface area contributed by atoms with Gasteiger partial charge in [0.25, 0.3) is 0 Å². The molecule has 172 valence electrons. The number of unbranched alkanes of at least 4 members (excludes halogenated alkanes) is 10. The Bertz CT molecular complexity index is 327. The number of carboxylic acid groups (broad SMARTS) is 2. The van der Waals surface area contributed by atoms with Gasteiger partial charge in [0, 0.05) is 0 Å². The fraction of sp³-hybridized carbons (Fsp3) is 0.900. The number of carbonyl (C=O) groups excluding carboxylic acids is 2. The number of hydrogen-bond donors (Lipinski definition) is 4. The molecule has 29 heavy (non-hydrogen) atoms. The molecule has 0 spiro atoms. The van der Waals surface area contributed by atoms with Crippen LogP contribution in [0.1, 0.15) is 90.9 Å². The molecule has 0 saturated carbocycles. The number of thiol groups is 4. The van der Waals surface area contributed by atoms with Crippen LogP contribution < -0.4 is 10.2 Å². The van der Waals surface area contributed by atoms with Gasteiger partial charge >= 0.3 is 121 Å². The summed E-state index contributed by atoms with van der Waals surface area (Å²) in [6.45, 7) is 4.60. The third kappa shape index (κ3) is 40.1. The van der Waals surface area contributed by atoms with Crippen molar-refractivity contribution in [1.82, 2.24) is 0 Å². The van der Waals surface area contributed by atoms with Gasteiger partial charge in [-0.3, -0.25) is 0 Å². The maximum Gasteiger partial charge on any atom is 0.0836 e. The molecule has 0 unspecified atom stereocenters. The van der Waals surface area contributed by atoms with Gasteiger partial charge in [-0.15, -0.1) is 0 Å². The quantitative estimate of drug-likeness (QED) is 0.0944. The Morgan fingerprint density at radius 3 is 1.10 bits per heavy atom. The van der Waals surface area contributed by atoms with Crippen LogP contribution in [0.15, 0.2) is 0 Å². The molecular weight excluding hydrogens is 551 g/mol. The van der Waals surface area contributed by atoms with Gasteiger partial charge in [0.05, 0.1) is 21.1 Å². The molecular formula is C20H40O4S4Sn. The summed E-state index contributed by atoms with van der Waals surface area (Å²) in [6.07, 6.45) is 17.8. The summed E-state index contributed by atoms with van der Waals surface area (Å²) in [7, 11) is 0. The monoisotopic (exact) mass is 592 g/mol. The molecule has 0 atom stereocenters. The Morgan fingerprint density at radius 2 is 0.862 bits per heavy atom. The second-order valence-corrected chi connectivity index (χ2v) is 13.8. The van der Waals surface area contributed by atoms with Crippen molar-refractivity contribution in [1.29, 1.82) is 0 Å². The molecule has 0 aromatic heterocycles. The predicted octanol–water partition coefficient (Wildman–Crippen LogP) is 4.09. The first-order valence-electron chi connectivity index (χ1n) is 10.5. The molecule has 4 nitrogen and oxygen atoms in total. The van der Waals surface area contributed by atoms with Gasteiger partial charge in [0.2, 0.25) is 0 Å². The van der Waals surface area contributed by atoms with Crippen LogP contribution in [-0.4, -0.2) is 42.2 Å². The van der Waals surface area contributed by atoms with Crippen LogP contribution in [0.5, 0.6) is 0 Å². The number of aliphatic carboxylic acids is 2. The predicted molar refractivity (Wildman–Crippen MR) is 136 cm³/mol. The standard InChI is InChI=1S/2C8H17.2C2H4O2S2.Sn/c2*1-3-5-7-8-6-4-2;2*3-1(4)2(5)6;/h2*1,3-8H2,2H3;2*2,5-6H,(H,3,4);/q;;;;+2/p-2. The first-order valence-corrected chi connectivity index (χ1v) is 16.6. The zero-order valence-corrected chi connectivity index (χ0v) is 24.4. The van der Waals surface area contributed by atoms with E-state index in [1.807, 2.05) is 0 Å². The smallest absolute Gasteiger partial charge is 0.0836 e. The van der Waals surface area contributed by atoms with E-state index >= 15 is 0 Å². The SMILES string of the molecule is CCCCCCC[CH2][Sn+2][CH2]CCCCCCC.O=C([O-])C(S)S.O=C([O-])C(S)S. The Balaban J connectivity index is -0.000000460. The summed E-state index contributed by atoms with van der Waals surface area (Å²) in [4.78, 5) is 18.9. The summed E-state index contributed by atoms with van der Waals surface area (Å²) in [5.74, 6) is -2.52. The molecule has 0 aliphatic heterocycles. The van der Waals surface area contributed by atoms with E-state index in [4.69, 9.17) is 0 Å². The molecule has 0 N–H and O–H groups in total. The van der Waals surface area contributed by atoms with Crippen LogP contribution in [0.3, 0.4) is 0 Å². The second-order valence-electron chi connectivity index (χ2n) is 6.67. The van der Waals surface area contributed by atoms with Gasteiger partial charge in [-0.2, -0.15) is 50.5 Å². The molecule has 0 rings (SSSR count). The van der Waals surface area contributed by atoms with Crippen molar-refractivity contribution in [3.05, 3.63) is 0 Å². The minimum absolute atomic E-state index is 0.0736. The van der Waals surface area contributed by atoms with Crippen LogP contribution in [0.4, 0.5) is 0 Å². The summed E-state index contributed by atoms with van der Waals surface area (Å²) in [5, 5.41) is 18.9. The van der Waals surface area contributed by atoms with Gasteiger partial charge in [-0.05, 0) is 0 Å². The first kappa shape index (κ1) is 34.7.